The summed E-state index contributed by atoms with van der Waals surface area (Å²) < 4.78 is 39.8. The van der Waals surface area contributed by atoms with Crippen molar-refractivity contribution >= 4 is 14.0 Å². The lowest BCUT2D eigenvalue weighted by Crippen LogP contribution is -2.15. The van der Waals surface area contributed by atoms with Gasteiger partial charge in [0, 0.05) is 7.11 Å². The minimum atomic E-state index is -3.78. The molecule has 0 heterocycles. The Kier molecular flexibility index (Phi) is 8.95. The number of hydrogen-bond donors (Lipinski definition) is 0. The number of phosphoric ester groups is 1. The summed E-state index contributed by atoms with van der Waals surface area (Å²) >= 11 is 0. The molecule has 0 saturated heterocycles. The van der Waals surface area contributed by atoms with Crippen LogP contribution in [0.1, 0.15) is 20.8 Å². The molecular weight excluding hydrogens is 267 g/mol. The number of rotatable bonds is 9. The van der Waals surface area contributed by atoms with Crippen LogP contribution in [0.25, 0.3) is 0 Å². The summed E-state index contributed by atoms with van der Waals surface area (Å²) in [5.41, 5.74) is 0. The topological polar surface area (TPSA) is 89.5 Å². The molecule has 1 atom stereocenters. The van der Waals surface area contributed by atoms with Gasteiger partial charge in [0.05, 0.1) is 12.7 Å². The smallest absolute Gasteiger partial charge is 0.432 e. The highest BCUT2D eigenvalue weighted by atomic mass is 31.2. The van der Waals surface area contributed by atoms with Gasteiger partial charge in [-0.3, -0.25) is 9.05 Å². The molecule has 0 amide bonds. The fraction of sp³-hybridized carbons (Fsp3) is 0.889. The largest absolute Gasteiger partial charge is 0.510 e. The fourth-order valence-electron chi connectivity index (χ4n) is 0.753. The Morgan fingerprint density at radius 1 is 1.17 bits per heavy atom. The van der Waals surface area contributed by atoms with Gasteiger partial charge in [0.15, 0.2) is 6.79 Å². The molecule has 0 aromatic carbocycles. The van der Waals surface area contributed by atoms with Crippen LogP contribution < -0.4 is 0 Å². The Labute approximate surface area is 106 Å². The molecule has 0 radical (unpaired) electrons. The standard InChI is InChI=1S/C9H19O8P/c1-5-14-18(11,15-6-12-4)16-7-13-9(10)17-8(2)3/h8H,5-7H2,1-4H3. The zero-order valence-electron chi connectivity index (χ0n) is 10.9. The van der Waals surface area contributed by atoms with Crippen LogP contribution in [-0.2, 0) is 32.3 Å². The molecule has 1 unspecified atom stereocenters. The summed E-state index contributed by atoms with van der Waals surface area (Å²) in [6, 6.07) is 0. The van der Waals surface area contributed by atoms with Gasteiger partial charge in [-0.05, 0) is 20.8 Å². The van der Waals surface area contributed by atoms with E-state index in [1.807, 2.05) is 0 Å². The second-order valence-corrected chi connectivity index (χ2v) is 4.88. The fourth-order valence-corrected chi connectivity index (χ4v) is 1.71. The van der Waals surface area contributed by atoms with Crippen LogP contribution in [0, 0.1) is 0 Å². The maximum Gasteiger partial charge on any atom is 0.510 e. The van der Waals surface area contributed by atoms with Crippen molar-refractivity contribution in [1.82, 2.24) is 0 Å². The van der Waals surface area contributed by atoms with Crippen LogP contribution in [0.4, 0.5) is 4.79 Å². The van der Waals surface area contributed by atoms with E-state index in [0.717, 1.165) is 0 Å². The van der Waals surface area contributed by atoms with Crippen molar-refractivity contribution in [3.8, 4) is 0 Å². The molecule has 0 saturated carbocycles. The average molecular weight is 286 g/mol. The third-order valence-corrected chi connectivity index (χ3v) is 2.75. The van der Waals surface area contributed by atoms with Crippen molar-refractivity contribution in [2.75, 3.05) is 27.3 Å². The van der Waals surface area contributed by atoms with E-state index in [1.54, 1.807) is 20.8 Å². The first-order chi connectivity index (χ1) is 8.43. The Hall–Kier alpha value is -0.660. The molecule has 0 fully saturated rings. The average Bonchev–Trinajstić information content (AvgIpc) is 2.26. The van der Waals surface area contributed by atoms with Gasteiger partial charge in [-0.1, -0.05) is 0 Å². The Balaban J connectivity index is 4.03. The number of ether oxygens (including phenoxy) is 3. The van der Waals surface area contributed by atoms with E-state index in [9.17, 15) is 9.36 Å². The molecule has 9 heteroatoms. The summed E-state index contributed by atoms with van der Waals surface area (Å²) in [5.74, 6) is 0. The molecule has 0 aliphatic heterocycles. The first kappa shape index (κ1) is 17.3. The molecule has 18 heavy (non-hydrogen) atoms. The number of carbonyl (C=O) groups is 1. The molecule has 0 bridgehead atoms. The van der Waals surface area contributed by atoms with Crippen molar-refractivity contribution in [1.29, 1.82) is 0 Å². The molecular formula is C9H19O8P. The normalized spacial score (nSPS) is 14.3. The van der Waals surface area contributed by atoms with Crippen molar-refractivity contribution in [3.63, 3.8) is 0 Å². The van der Waals surface area contributed by atoms with Crippen LogP contribution in [0.15, 0.2) is 0 Å². The zero-order valence-corrected chi connectivity index (χ0v) is 11.8. The van der Waals surface area contributed by atoms with Crippen molar-refractivity contribution < 1.29 is 37.1 Å². The molecule has 8 nitrogen and oxygen atoms in total. The van der Waals surface area contributed by atoms with Gasteiger partial charge in [-0.15, -0.1) is 0 Å². The molecule has 0 aliphatic rings. The first-order valence-corrected chi connectivity index (χ1v) is 6.75. The second-order valence-electron chi connectivity index (χ2n) is 3.21. The summed E-state index contributed by atoms with van der Waals surface area (Å²) in [5, 5.41) is 0. The molecule has 0 spiro atoms. The predicted octanol–water partition coefficient (Wildman–Crippen LogP) is 2.29. The molecule has 0 rings (SSSR count). The highest BCUT2D eigenvalue weighted by molar-refractivity contribution is 7.48. The van der Waals surface area contributed by atoms with Crippen LogP contribution in [0.3, 0.4) is 0 Å². The Bertz CT molecular complexity index is 280. The lowest BCUT2D eigenvalue weighted by Gasteiger charge is -2.16. The van der Waals surface area contributed by atoms with Gasteiger partial charge in [0.2, 0.25) is 6.79 Å². The minimum Gasteiger partial charge on any atom is -0.432 e. The summed E-state index contributed by atoms with van der Waals surface area (Å²) in [7, 11) is -2.43. The van der Waals surface area contributed by atoms with E-state index in [4.69, 9.17) is 13.6 Å². The van der Waals surface area contributed by atoms with Crippen LogP contribution in [0.5, 0.6) is 0 Å². The zero-order chi connectivity index (χ0) is 14.0. The van der Waals surface area contributed by atoms with Crippen LogP contribution in [-0.4, -0.2) is 39.6 Å². The van der Waals surface area contributed by atoms with Gasteiger partial charge in [0.1, 0.15) is 0 Å². The summed E-state index contributed by atoms with van der Waals surface area (Å²) in [6.07, 6.45) is -1.25. The SMILES string of the molecule is CCOP(=O)(OCOC)OCOC(=O)OC(C)C. The summed E-state index contributed by atoms with van der Waals surface area (Å²) in [6.45, 7) is 4.17. The Morgan fingerprint density at radius 3 is 2.28 bits per heavy atom. The molecule has 0 aliphatic carbocycles. The van der Waals surface area contributed by atoms with E-state index in [2.05, 4.69) is 14.2 Å². The highest BCUT2D eigenvalue weighted by Crippen LogP contribution is 2.49. The maximum atomic E-state index is 11.8. The van der Waals surface area contributed by atoms with Crippen LogP contribution in [0.2, 0.25) is 0 Å². The van der Waals surface area contributed by atoms with E-state index in [1.165, 1.54) is 7.11 Å². The molecule has 108 valence electrons. The second kappa shape index (κ2) is 9.29. The number of methoxy groups -OCH3 is 1. The van der Waals surface area contributed by atoms with E-state index in [-0.39, 0.29) is 19.5 Å². The lowest BCUT2D eigenvalue weighted by molar-refractivity contribution is -0.0378. The number of phosphoric acid groups is 1. The van der Waals surface area contributed by atoms with Crippen molar-refractivity contribution in [3.05, 3.63) is 0 Å². The van der Waals surface area contributed by atoms with Gasteiger partial charge in [-0.25, -0.2) is 13.9 Å². The third kappa shape index (κ3) is 8.43. The van der Waals surface area contributed by atoms with Crippen molar-refractivity contribution in [2.24, 2.45) is 0 Å². The molecule has 0 aromatic rings. The summed E-state index contributed by atoms with van der Waals surface area (Å²) in [4.78, 5) is 11.0. The maximum absolute atomic E-state index is 11.8. The number of carbonyl (C=O) groups excluding carboxylic acids is 1. The quantitative estimate of drug-likeness (QED) is 0.362. The molecule has 0 N–H and O–H groups in total. The first-order valence-electron chi connectivity index (χ1n) is 5.29. The van der Waals surface area contributed by atoms with E-state index >= 15 is 0 Å². The minimum absolute atomic E-state index is 0.109. The van der Waals surface area contributed by atoms with Gasteiger partial charge in [0.25, 0.3) is 0 Å². The van der Waals surface area contributed by atoms with Crippen molar-refractivity contribution in [2.45, 2.75) is 26.9 Å². The predicted molar refractivity (Wildman–Crippen MR) is 60.8 cm³/mol. The highest BCUT2D eigenvalue weighted by Gasteiger charge is 2.27. The van der Waals surface area contributed by atoms with Gasteiger partial charge in [-0.2, -0.15) is 0 Å². The van der Waals surface area contributed by atoms with Gasteiger partial charge >= 0.3 is 14.0 Å². The van der Waals surface area contributed by atoms with Gasteiger partial charge < -0.3 is 14.2 Å². The lowest BCUT2D eigenvalue weighted by atomic mass is 10.5. The third-order valence-electron chi connectivity index (χ3n) is 1.34. The van der Waals surface area contributed by atoms with Crippen LogP contribution >= 0.6 is 7.82 Å². The Morgan fingerprint density at radius 2 is 1.78 bits per heavy atom. The van der Waals surface area contributed by atoms with E-state index in [0.29, 0.717) is 0 Å². The molecule has 0 aromatic heterocycles. The monoisotopic (exact) mass is 286 g/mol. The number of hydrogen-bond acceptors (Lipinski definition) is 8. The van der Waals surface area contributed by atoms with E-state index < -0.39 is 20.8 Å².